The zero-order valence-electron chi connectivity index (χ0n) is 15.4. The van der Waals surface area contributed by atoms with Gasteiger partial charge in [-0.2, -0.15) is 0 Å². The molecule has 4 rings (SSSR count). The molecule has 6 heteroatoms. The Kier molecular flexibility index (Phi) is 4.58. The van der Waals surface area contributed by atoms with E-state index in [4.69, 9.17) is 9.57 Å². The van der Waals surface area contributed by atoms with E-state index in [1.54, 1.807) is 23.3 Å². The third-order valence-electron chi connectivity index (χ3n) is 5.16. The Morgan fingerprint density at radius 2 is 1.70 bits per heavy atom. The van der Waals surface area contributed by atoms with E-state index in [1.165, 1.54) is 12.0 Å². The number of carbonyl (C=O) groups is 2. The maximum atomic E-state index is 13.3. The predicted octanol–water partition coefficient (Wildman–Crippen LogP) is 3.17. The number of nitrogens with zero attached hydrogens (tertiary/aromatic N) is 2. The number of ether oxygens (including phenoxy) is 1. The summed E-state index contributed by atoms with van der Waals surface area (Å²) < 4.78 is 5.34. The van der Waals surface area contributed by atoms with Gasteiger partial charge in [-0.25, -0.2) is 9.96 Å². The number of hydrogen-bond donors (Lipinski definition) is 0. The lowest BCUT2D eigenvalue weighted by molar-refractivity contribution is -0.126. The van der Waals surface area contributed by atoms with Crippen molar-refractivity contribution >= 4 is 23.2 Å². The Morgan fingerprint density at radius 3 is 2.41 bits per heavy atom. The summed E-state index contributed by atoms with van der Waals surface area (Å²) in [4.78, 5) is 33.6. The van der Waals surface area contributed by atoms with Gasteiger partial charge in [-0.1, -0.05) is 43.7 Å². The molecule has 0 N–H and O–H groups in total. The molecule has 0 radical (unpaired) electrons. The van der Waals surface area contributed by atoms with E-state index in [1.807, 2.05) is 36.4 Å². The third kappa shape index (κ3) is 2.77. The predicted molar refractivity (Wildman–Crippen MR) is 101 cm³/mol. The molecular formula is C21H22N2O4. The van der Waals surface area contributed by atoms with Crippen molar-refractivity contribution in [3.63, 3.8) is 0 Å². The number of methoxy groups -OCH3 is 1. The fourth-order valence-corrected chi connectivity index (χ4v) is 3.96. The van der Waals surface area contributed by atoms with Crippen LogP contribution >= 0.6 is 0 Å². The standard InChI is InChI=1S/C21H22N2O4/c1-3-9-16-18-19(27-23(16)14-10-5-4-6-11-14)21(25)22(20(18)24)15-12-7-8-13-17(15)26-2/h4-8,10-13,16,18-19H,3,9H2,1-2H3/t16-,18+,19+/m0/s1. The number of fused-ring (bicyclic) bond motifs is 1. The highest BCUT2D eigenvalue weighted by Crippen LogP contribution is 2.43. The minimum Gasteiger partial charge on any atom is -0.495 e. The average Bonchev–Trinajstić information content (AvgIpc) is 3.19. The zero-order chi connectivity index (χ0) is 19.0. The van der Waals surface area contributed by atoms with Crippen molar-refractivity contribution in [2.75, 3.05) is 17.1 Å². The molecule has 3 atom stereocenters. The topological polar surface area (TPSA) is 59.1 Å². The number of benzene rings is 2. The summed E-state index contributed by atoms with van der Waals surface area (Å²) in [6.45, 7) is 2.07. The number of carbonyl (C=O) groups excluding carboxylic acids is 2. The number of imide groups is 1. The lowest BCUT2D eigenvalue weighted by Gasteiger charge is -2.28. The van der Waals surface area contributed by atoms with Crippen LogP contribution in [0.4, 0.5) is 11.4 Å². The van der Waals surface area contributed by atoms with Crippen molar-refractivity contribution in [2.24, 2.45) is 5.92 Å². The number of anilines is 2. The lowest BCUT2D eigenvalue weighted by Crippen LogP contribution is -2.40. The molecule has 2 heterocycles. The van der Waals surface area contributed by atoms with Crippen LogP contribution < -0.4 is 14.7 Å². The van der Waals surface area contributed by atoms with E-state index in [-0.39, 0.29) is 17.9 Å². The van der Waals surface area contributed by atoms with Crippen molar-refractivity contribution in [1.29, 1.82) is 0 Å². The molecule has 2 fully saturated rings. The molecule has 2 saturated heterocycles. The monoisotopic (exact) mass is 366 g/mol. The van der Waals surface area contributed by atoms with Crippen molar-refractivity contribution < 1.29 is 19.2 Å². The van der Waals surface area contributed by atoms with Gasteiger partial charge in [0.1, 0.15) is 5.75 Å². The highest BCUT2D eigenvalue weighted by atomic mass is 16.7. The first kappa shape index (κ1) is 17.5. The van der Waals surface area contributed by atoms with Gasteiger partial charge in [0.25, 0.3) is 5.91 Å². The molecule has 0 spiro atoms. The zero-order valence-corrected chi connectivity index (χ0v) is 15.4. The summed E-state index contributed by atoms with van der Waals surface area (Å²) >= 11 is 0. The van der Waals surface area contributed by atoms with E-state index < -0.39 is 12.0 Å². The second kappa shape index (κ2) is 7.04. The molecule has 0 saturated carbocycles. The van der Waals surface area contributed by atoms with Crippen LogP contribution in [0.15, 0.2) is 54.6 Å². The number of rotatable bonds is 5. The van der Waals surface area contributed by atoms with Gasteiger partial charge in [-0.15, -0.1) is 0 Å². The van der Waals surface area contributed by atoms with E-state index in [0.717, 1.165) is 18.5 Å². The summed E-state index contributed by atoms with van der Waals surface area (Å²) in [6.07, 6.45) is 0.838. The van der Waals surface area contributed by atoms with Crippen molar-refractivity contribution in [2.45, 2.75) is 31.9 Å². The Labute approximate surface area is 158 Å². The minimum absolute atomic E-state index is 0.182. The maximum absolute atomic E-state index is 13.3. The Bertz CT molecular complexity index is 854. The number of hydroxylamine groups is 1. The highest BCUT2D eigenvalue weighted by molar-refractivity contribution is 6.24. The molecule has 0 unspecified atom stereocenters. The molecule has 2 aliphatic rings. The van der Waals surface area contributed by atoms with Crippen LogP contribution in [0.5, 0.6) is 5.75 Å². The van der Waals surface area contributed by atoms with Crippen molar-refractivity contribution in [3.8, 4) is 5.75 Å². The molecule has 2 amide bonds. The van der Waals surface area contributed by atoms with Gasteiger partial charge in [-0.3, -0.25) is 14.4 Å². The summed E-state index contributed by atoms with van der Waals surface area (Å²) in [5, 5.41) is 1.74. The fraction of sp³-hybridized carbons (Fsp3) is 0.333. The molecule has 0 aromatic heterocycles. The molecule has 2 aromatic carbocycles. The van der Waals surface area contributed by atoms with Crippen LogP contribution in [0, 0.1) is 5.92 Å². The van der Waals surface area contributed by atoms with Crippen molar-refractivity contribution in [3.05, 3.63) is 54.6 Å². The van der Waals surface area contributed by atoms with E-state index >= 15 is 0 Å². The van der Waals surface area contributed by atoms with Crippen LogP contribution in [0.3, 0.4) is 0 Å². The first-order valence-corrected chi connectivity index (χ1v) is 9.19. The smallest absolute Gasteiger partial charge is 0.266 e. The van der Waals surface area contributed by atoms with Crippen molar-refractivity contribution in [1.82, 2.24) is 0 Å². The molecule has 2 aliphatic heterocycles. The van der Waals surface area contributed by atoms with Gasteiger partial charge in [0.15, 0.2) is 6.10 Å². The maximum Gasteiger partial charge on any atom is 0.266 e. The van der Waals surface area contributed by atoms with Gasteiger partial charge < -0.3 is 4.74 Å². The quantitative estimate of drug-likeness (QED) is 0.761. The second-order valence-corrected chi connectivity index (χ2v) is 6.75. The largest absolute Gasteiger partial charge is 0.495 e. The van der Waals surface area contributed by atoms with E-state index in [0.29, 0.717) is 11.4 Å². The van der Waals surface area contributed by atoms with E-state index in [2.05, 4.69) is 6.92 Å². The summed E-state index contributed by atoms with van der Waals surface area (Å²) in [5.41, 5.74) is 1.32. The van der Waals surface area contributed by atoms with Crippen LogP contribution in [0.25, 0.3) is 0 Å². The first-order valence-electron chi connectivity index (χ1n) is 9.19. The van der Waals surface area contributed by atoms with Gasteiger partial charge in [0, 0.05) is 0 Å². The first-order chi connectivity index (χ1) is 13.2. The average molecular weight is 366 g/mol. The number of hydrogen-bond acceptors (Lipinski definition) is 5. The Morgan fingerprint density at radius 1 is 1.00 bits per heavy atom. The van der Waals surface area contributed by atoms with Crippen LogP contribution in [0.1, 0.15) is 19.8 Å². The number of amides is 2. The molecule has 0 bridgehead atoms. The summed E-state index contributed by atoms with van der Waals surface area (Å²) in [6, 6.07) is 16.5. The van der Waals surface area contributed by atoms with Gasteiger partial charge in [0.05, 0.1) is 30.4 Å². The molecule has 6 nitrogen and oxygen atoms in total. The molecular weight excluding hydrogens is 344 g/mol. The molecule has 140 valence electrons. The number of para-hydroxylation sites is 3. The lowest BCUT2D eigenvalue weighted by atomic mass is 9.93. The summed E-state index contributed by atoms with van der Waals surface area (Å²) in [5.74, 6) is -0.603. The fourth-order valence-electron chi connectivity index (χ4n) is 3.96. The molecule has 27 heavy (non-hydrogen) atoms. The SMILES string of the molecule is CCC[C@H]1[C@H]2C(=O)N(c3ccccc3OC)C(=O)[C@@H]2ON1c1ccccc1. The van der Waals surface area contributed by atoms with Gasteiger partial charge >= 0.3 is 0 Å². The minimum atomic E-state index is -0.806. The molecule has 2 aromatic rings. The molecule has 0 aliphatic carbocycles. The van der Waals surface area contributed by atoms with Crippen LogP contribution in [-0.2, 0) is 14.4 Å². The van der Waals surface area contributed by atoms with Gasteiger partial charge in [0.2, 0.25) is 5.91 Å². The highest BCUT2D eigenvalue weighted by Gasteiger charge is 2.59. The van der Waals surface area contributed by atoms with Gasteiger partial charge in [-0.05, 0) is 30.7 Å². The van der Waals surface area contributed by atoms with Crippen LogP contribution in [-0.4, -0.2) is 31.1 Å². The van der Waals surface area contributed by atoms with Crippen LogP contribution in [0.2, 0.25) is 0 Å². The third-order valence-corrected chi connectivity index (χ3v) is 5.16. The second-order valence-electron chi connectivity index (χ2n) is 6.75. The summed E-state index contributed by atoms with van der Waals surface area (Å²) in [7, 11) is 1.53. The Hall–Kier alpha value is -2.86. The normalized spacial score (nSPS) is 24.4. The van der Waals surface area contributed by atoms with E-state index in [9.17, 15) is 9.59 Å². The Balaban J connectivity index is 1.70.